The number of ether oxygens (including phenoxy) is 2. The van der Waals surface area contributed by atoms with Gasteiger partial charge < -0.3 is 27.9 Å². The molecule has 0 heterocycles. The van der Waals surface area contributed by atoms with Crippen molar-refractivity contribution < 1.29 is 37.3 Å². The van der Waals surface area contributed by atoms with E-state index in [1.54, 1.807) is 6.26 Å². The molecule has 208 valence electrons. The van der Waals surface area contributed by atoms with Crippen molar-refractivity contribution in [1.82, 2.24) is 0 Å². The Bertz CT molecular complexity index is 593. The minimum atomic E-state index is -4.48. The van der Waals surface area contributed by atoms with Crippen LogP contribution in [0, 0.1) is 0 Å². The van der Waals surface area contributed by atoms with Gasteiger partial charge in [-0.25, -0.2) is 0 Å². The van der Waals surface area contributed by atoms with Crippen LogP contribution < -0.4 is 4.89 Å². The van der Waals surface area contributed by atoms with Crippen molar-refractivity contribution in [3.63, 3.8) is 0 Å². The third-order valence-electron chi connectivity index (χ3n) is 5.46. The molecule has 0 saturated carbocycles. The number of hydrogen-bond acceptors (Lipinski definition) is 7. The lowest BCUT2D eigenvalue weighted by atomic mass is 10.0. The van der Waals surface area contributed by atoms with Crippen LogP contribution in [0.15, 0.2) is 12.3 Å². The Morgan fingerprint density at radius 1 is 0.886 bits per heavy atom. The summed E-state index contributed by atoms with van der Waals surface area (Å²) >= 11 is 0. The highest BCUT2D eigenvalue weighted by molar-refractivity contribution is 7.45. The monoisotopic (exact) mass is 521 g/mol. The van der Waals surface area contributed by atoms with E-state index in [1.807, 2.05) is 27.2 Å². The topological polar surface area (TPSA) is 94.1 Å². The molecule has 0 aromatic rings. The van der Waals surface area contributed by atoms with Gasteiger partial charge in [0.1, 0.15) is 19.8 Å². The number of unbranched alkanes of at least 4 members (excludes halogenated alkanes) is 12. The van der Waals surface area contributed by atoms with Gasteiger partial charge in [0.05, 0.1) is 34.0 Å². The van der Waals surface area contributed by atoms with Crippen LogP contribution in [0.5, 0.6) is 0 Å². The number of phosphoric ester groups is 1. The lowest BCUT2D eigenvalue weighted by Crippen LogP contribution is -2.37. The number of allylic oxidation sites excluding steroid dienone is 1. The van der Waals surface area contributed by atoms with Crippen molar-refractivity contribution >= 4 is 13.8 Å². The lowest BCUT2D eigenvalue weighted by Gasteiger charge is -2.28. The first-order valence-corrected chi connectivity index (χ1v) is 14.9. The summed E-state index contributed by atoms with van der Waals surface area (Å²) in [4.78, 5) is 23.2. The van der Waals surface area contributed by atoms with Gasteiger partial charge in [0.2, 0.25) is 0 Å². The van der Waals surface area contributed by atoms with Crippen LogP contribution in [0.1, 0.15) is 97.3 Å². The number of carbonyl (C=O) groups is 1. The zero-order chi connectivity index (χ0) is 26.4. The molecule has 0 N–H and O–H groups in total. The van der Waals surface area contributed by atoms with Gasteiger partial charge in [-0.1, -0.05) is 77.6 Å². The molecule has 0 amide bonds. The van der Waals surface area contributed by atoms with Gasteiger partial charge >= 0.3 is 5.97 Å². The van der Waals surface area contributed by atoms with Crippen LogP contribution >= 0.6 is 7.82 Å². The van der Waals surface area contributed by atoms with Gasteiger partial charge in [-0.15, -0.1) is 0 Å². The molecule has 0 aliphatic heterocycles. The number of nitrogens with zero attached hydrogens (tertiary/aromatic N) is 1. The number of quaternary nitrogens is 1. The van der Waals surface area contributed by atoms with Gasteiger partial charge in [0.25, 0.3) is 7.82 Å². The van der Waals surface area contributed by atoms with E-state index >= 15 is 0 Å². The second-order valence-corrected chi connectivity index (χ2v) is 11.6. The van der Waals surface area contributed by atoms with Crippen molar-refractivity contribution in [2.45, 2.75) is 103 Å². The molecular weight excluding hydrogens is 469 g/mol. The summed E-state index contributed by atoms with van der Waals surface area (Å²) in [7, 11) is 1.31. The van der Waals surface area contributed by atoms with E-state index in [2.05, 4.69) is 6.92 Å². The molecule has 8 nitrogen and oxygen atoms in total. The van der Waals surface area contributed by atoms with Gasteiger partial charge in [0, 0.05) is 6.92 Å². The Morgan fingerprint density at radius 3 is 1.94 bits per heavy atom. The standard InChI is InChI=1S/C26H52NO7P/c1-6-7-8-9-10-11-12-13-14-15-16-17-18-19-21-31-23-26(34-25(2)28)24-33-35(29,30)32-22-20-27(3,4)5/h19,21,26H,6-18,20,22-24H2,1-5H3/b21-19+/t26-/m1/s1. The van der Waals surface area contributed by atoms with Crippen LogP contribution in [0.25, 0.3) is 0 Å². The fraction of sp³-hybridized carbons (Fsp3) is 0.885. The van der Waals surface area contributed by atoms with E-state index in [0.717, 1.165) is 12.8 Å². The summed E-state index contributed by atoms with van der Waals surface area (Å²) in [6.07, 6.45) is 19.4. The summed E-state index contributed by atoms with van der Waals surface area (Å²) < 4.78 is 32.7. The largest absolute Gasteiger partial charge is 0.756 e. The van der Waals surface area contributed by atoms with Crippen LogP contribution in [0.2, 0.25) is 0 Å². The minimum absolute atomic E-state index is 0.00735. The molecule has 2 atom stereocenters. The van der Waals surface area contributed by atoms with Gasteiger partial charge in [-0.2, -0.15) is 0 Å². The quantitative estimate of drug-likeness (QED) is 0.0525. The Morgan fingerprint density at radius 2 is 1.43 bits per heavy atom. The van der Waals surface area contributed by atoms with Crippen LogP contribution in [-0.2, 0) is 27.9 Å². The summed E-state index contributed by atoms with van der Waals surface area (Å²) in [6.45, 7) is 3.69. The summed E-state index contributed by atoms with van der Waals surface area (Å²) in [6, 6.07) is 0. The Balaban J connectivity index is 3.89. The number of hydrogen-bond donors (Lipinski definition) is 0. The third-order valence-corrected chi connectivity index (χ3v) is 6.43. The van der Waals surface area contributed by atoms with E-state index in [0.29, 0.717) is 11.0 Å². The highest BCUT2D eigenvalue weighted by Gasteiger charge is 2.19. The van der Waals surface area contributed by atoms with Crippen molar-refractivity contribution in [3.05, 3.63) is 12.3 Å². The van der Waals surface area contributed by atoms with Crippen molar-refractivity contribution in [1.29, 1.82) is 0 Å². The van der Waals surface area contributed by atoms with Gasteiger partial charge in [0.15, 0.2) is 6.10 Å². The second-order valence-electron chi connectivity index (χ2n) is 10.2. The molecule has 0 aliphatic carbocycles. The number of carbonyl (C=O) groups excluding carboxylic acids is 1. The predicted molar refractivity (Wildman–Crippen MR) is 139 cm³/mol. The number of phosphoric acid groups is 1. The highest BCUT2D eigenvalue weighted by Crippen LogP contribution is 2.38. The van der Waals surface area contributed by atoms with Crippen LogP contribution in [0.3, 0.4) is 0 Å². The molecule has 0 saturated heterocycles. The van der Waals surface area contributed by atoms with Crippen molar-refractivity contribution in [3.8, 4) is 0 Å². The molecule has 0 aromatic heterocycles. The van der Waals surface area contributed by atoms with Crippen LogP contribution in [-0.4, -0.2) is 64.1 Å². The minimum Gasteiger partial charge on any atom is -0.756 e. The molecule has 0 spiro atoms. The maximum absolute atomic E-state index is 11.9. The molecule has 0 aromatic carbocycles. The lowest BCUT2D eigenvalue weighted by molar-refractivity contribution is -0.870. The van der Waals surface area contributed by atoms with Crippen molar-refractivity contribution in [2.75, 3.05) is 47.5 Å². The molecule has 35 heavy (non-hydrogen) atoms. The summed E-state index contributed by atoms with van der Waals surface area (Å²) in [5, 5.41) is 0. The molecule has 1 unspecified atom stereocenters. The average molecular weight is 522 g/mol. The molecule has 0 radical (unpaired) electrons. The van der Waals surface area contributed by atoms with E-state index in [1.165, 1.54) is 77.6 Å². The molecule has 9 heteroatoms. The first-order valence-electron chi connectivity index (χ1n) is 13.4. The fourth-order valence-electron chi connectivity index (χ4n) is 3.39. The van der Waals surface area contributed by atoms with Crippen LogP contribution in [0.4, 0.5) is 0 Å². The molecule has 0 bridgehead atoms. The Kier molecular flexibility index (Phi) is 20.6. The number of rotatable bonds is 24. The van der Waals surface area contributed by atoms with Gasteiger partial charge in [-0.05, 0) is 18.9 Å². The zero-order valence-electron chi connectivity index (χ0n) is 23.0. The molecular formula is C26H52NO7P. The van der Waals surface area contributed by atoms with Gasteiger partial charge in [-0.3, -0.25) is 9.36 Å². The first kappa shape index (κ1) is 34.1. The van der Waals surface area contributed by atoms with E-state index < -0.39 is 19.9 Å². The smallest absolute Gasteiger partial charge is 0.303 e. The zero-order valence-corrected chi connectivity index (χ0v) is 23.9. The fourth-order valence-corrected chi connectivity index (χ4v) is 4.12. The van der Waals surface area contributed by atoms with Crippen molar-refractivity contribution in [2.24, 2.45) is 0 Å². The number of esters is 1. The molecule has 0 fully saturated rings. The maximum Gasteiger partial charge on any atom is 0.303 e. The molecule has 0 rings (SSSR count). The Labute approximate surface area is 214 Å². The maximum atomic E-state index is 11.9. The second kappa shape index (κ2) is 21.2. The van der Waals surface area contributed by atoms with E-state index in [4.69, 9.17) is 18.5 Å². The summed E-state index contributed by atoms with van der Waals surface area (Å²) in [5.74, 6) is -0.533. The third kappa shape index (κ3) is 26.0. The van der Waals surface area contributed by atoms with E-state index in [-0.39, 0.29) is 19.8 Å². The molecule has 0 aliphatic rings. The van der Waals surface area contributed by atoms with E-state index in [9.17, 15) is 14.3 Å². The Hall–Kier alpha value is -0.920. The summed E-state index contributed by atoms with van der Waals surface area (Å²) in [5.41, 5.74) is 0. The highest BCUT2D eigenvalue weighted by atomic mass is 31.2. The normalized spacial score (nSPS) is 14.7. The SMILES string of the molecule is CCCCCCCCCCCCCC/C=C/OC[C@H](COP(=O)([O-])OCC[N+](C)(C)C)OC(C)=O. The predicted octanol–water partition coefficient (Wildman–Crippen LogP) is 5.75. The first-order chi connectivity index (χ1) is 16.6. The average Bonchev–Trinajstić information content (AvgIpc) is 2.75. The number of likely N-dealkylation sites (N-methyl/N-ethyl adjacent to an activating group) is 1.